The predicted molar refractivity (Wildman–Crippen MR) is 93.2 cm³/mol. The fourth-order valence-electron chi connectivity index (χ4n) is 1.86. The van der Waals surface area contributed by atoms with Crippen LogP contribution in [0, 0.1) is 0 Å². The molecule has 0 saturated heterocycles. The summed E-state index contributed by atoms with van der Waals surface area (Å²) in [5.74, 6) is 4.14. The molecule has 1 aromatic carbocycles. The molecule has 0 unspecified atom stereocenters. The molecule has 0 aliphatic carbocycles. The number of hydrazone groups is 1. The Balaban J connectivity index is 2.49. The number of hydrogen-bond donors (Lipinski definition) is 2. The third-order valence-electron chi connectivity index (χ3n) is 3.03. The van der Waals surface area contributed by atoms with Gasteiger partial charge in [0.15, 0.2) is 5.71 Å². The molecule has 0 radical (unpaired) electrons. The Bertz CT molecular complexity index is 728. The van der Waals surface area contributed by atoms with Crippen molar-refractivity contribution in [2.75, 3.05) is 13.1 Å². The lowest BCUT2D eigenvalue weighted by Gasteiger charge is -2.10. The largest absolute Gasteiger partial charge is 0.573 e. The first-order valence-corrected chi connectivity index (χ1v) is 7.77. The highest BCUT2D eigenvalue weighted by Crippen LogP contribution is 2.23. The van der Waals surface area contributed by atoms with Gasteiger partial charge in [-0.05, 0) is 36.1 Å². The smallest absolute Gasteiger partial charge is 0.406 e. The second-order valence-corrected chi connectivity index (χ2v) is 5.09. The standard InChI is InChI=1S/C15H18F3N7O2/c16-15(17,18)27-12-5-3-4-11(8-12)9-22-14(26)13(24-19)10-21-6-1-2-7-23-25-20/h3-5,8,10H,1-2,6-7,9,19H2,(H,22,26). The number of benzene rings is 1. The van der Waals surface area contributed by atoms with Crippen LogP contribution in [0.1, 0.15) is 18.4 Å². The van der Waals surface area contributed by atoms with Crippen molar-refractivity contribution in [3.8, 4) is 5.75 Å². The maximum absolute atomic E-state index is 12.2. The number of halogens is 3. The van der Waals surface area contributed by atoms with E-state index in [9.17, 15) is 18.0 Å². The van der Waals surface area contributed by atoms with Crippen LogP contribution in [0.25, 0.3) is 10.4 Å². The number of carbonyl (C=O) groups is 1. The van der Waals surface area contributed by atoms with Crippen LogP contribution in [-0.2, 0) is 11.3 Å². The molecule has 1 aromatic rings. The van der Waals surface area contributed by atoms with Gasteiger partial charge in [0, 0.05) is 24.5 Å². The summed E-state index contributed by atoms with van der Waals surface area (Å²) in [4.78, 5) is 18.6. The average Bonchev–Trinajstić information content (AvgIpc) is 2.61. The second kappa shape index (κ2) is 11.4. The maximum atomic E-state index is 12.2. The van der Waals surface area contributed by atoms with Gasteiger partial charge in [0.2, 0.25) is 0 Å². The van der Waals surface area contributed by atoms with Crippen molar-refractivity contribution in [1.29, 1.82) is 0 Å². The Morgan fingerprint density at radius 1 is 1.33 bits per heavy atom. The molecular formula is C15H18F3N7O2. The minimum atomic E-state index is -4.79. The van der Waals surface area contributed by atoms with Gasteiger partial charge in [0.1, 0.15) is 5.75 Å². The summed E-state index contributed by atoms with van der Waals surface area (Å²) in [6, 6.07) is 5.21. The van der Waals surface area contributed by atoms with Gasteiger partial charge in [-0.2, -0.15) is 5.10 Å². The number of nitrogens with two attached hydrogens (primary N) is 1. The van der Waals surface area contributed by atoms with Crippen LogP contribution in [-0.4, -0.2) is 37.3 Å². The third kappa shape index (κ3) is 9.70. The summed E-state index contributed by atoms with van der Waals surface area (Å²) < 4.78 is 40.5. The van der Waals surface area contributed by atoms with Crippen molar-refractivity contribution in [2.24, 2.45) is 21.1 Å². The number of hydrogen-bond acceptors (Lipinski definition) is 6. The summed E-state index contributed by atoms with van der Waals surface area (Å²) in [6.07, 6.45) is -2.29. The number of azide groups is 1. The molecule has 0 aliphatic rings. The first-order chi connectivity index (χ1) is 12.9. The number of ether oxygens (including phenoxy) is 1. The fraction of sp³-hybridized carbons (Fsp3) is 0.400. The summed E-state index contributed by atoms with van der Waals surface area (Å²) in [7, 11) is 0. The molecule has 0 atom stereocenters. The van der Waals surface area contributed by atoms with E-state index in [-0.39, 0.29) is 18.0 Å². The number of amides is 1. The molecule has 0 bridgehead atoms. The Hall–Kier alpha value is -3.27. The molecule has 0 aromatic heterocycles. The Morgan fingerprint density at radius 3 is 2.74 bits per heavy atom. The molecule has 3 N–H and O–H groups in total. The van der Waals surface area contributed by atoms with E-state index in [2.05, 4.69) is 30.2 Å². The lowest BCUT2D eigenvalue weighted by Crippen LogP contribution is -2.32. The summed E-state index contributed by atoms with van der Waals surface area (Å²) in [5, 5.41) is 9.18. The van der Waals surface area contributed by atoms with E-state index in [4.69, 9.17) is 11.4 Å². The Kier molecular flexibility index (Phi) is 9.16. The zero-order chi connectivity index (χ0) is 20.1. The van der Waals surface area contributed by atoms with Crippen LogP contribution in [0.15, 0.2) is 39.5 Å². The highest BCUT2D eigenvalue weighted by Gasteiger charge is 2.31. The SMILES string of the molecule is [N-]=[N+]=NCCCCN=CC(=NN)C(=O)NCc1cccc(OC(F)(F)F)c1. The van der Waals surface area contributed by atoms with E-state index < -0.39 is 12.3 Å². The minimum Gasteiger partial charge on any atom is -0.406 e. The van der Waals surface area contributed by atoms with Crippen molar-refractivity contribution >= 4 is 17.8 Å². The zero-order valence-corrected chi connectivity index (χ0v) is 14.2. The Morgan fingerprint density at radius 2 is 2.07 bits per heavy atom. The molecule has 0 spiro atoms. The molecule has 0 heterocycles. The van der Waals surface area contributed by atoms with Crippen LogP contribution in [0.4, 0.5) is 13.2 Å². The first-order valence-electron chi connectivity index (χ1n) is 7.77. The minimum absolute atomic E-state index is 0.0487. The van der Waals surface area contributed by atoms with Crippen molar-refractivity contribution < 1.29 is 22.7 Å². The summed E-state index contributed by atoms with van der Waals surface area (Å²) in [5.41, 5.74) is 8.40. The molecule has 0 fully saturated rings. The van der Waals surface area contributed by atoms with Crippen molar-refractivity contribution in [2.45, 2.75) is 25.7 Å². The molecular weight excluding hydrogens is 367 g/mol. The van der Waals surface area contributed by atoms with Gasteiger partial charge in [0.05, 0.1) is 6.21 Å². The van der Waals surface area contributed by atoms with Gasteiger partial charge in [0.25, 0.3) is 5.91 Å². The Labute approximate surface area is 152 Å². The lowest BCUT2D eigenvalue weighted by molar-refractivity contribution is -0.274. The normalized spacial score (nSPS) is 11.9. The van der Waals surface area contributed by atoms with E-state index in [0.717, 1.165) is 12.1 Å². The third-order valence-corrected chi connectivity index (χ3v) is 3.03. The second-order valence-electron chi connectivity index (χ2n) is 5.09. The number of rotatable bonds is 10. The predicted octanol–water partition coefficient (Wildman–Crippen LogP) is 2.68. The van der Waals surface area contributed by atoms with E-state index in [0.29, 0.717) is 31.5 Å². The lowest BCUT2D eigenvalue weighted by atomic mass is 10.2. The van der Waals surface area contributed by atoms with E-state index in [1.54, 1.807) is 0 Å². The van der Waals surface area contributed by atoms with Gasteiger partial charge in [-0.3, -0.25) is 9.79 Å². The van der Waals surface area contributed by atoms with Crippen LogP contribution < -0.4 is 15.9 Å². The zero-order valence-electron chi connectivity index (χ0n) is 14.2. The average molecular weight is 385 g/mol. The fourth-order valence-corrected chi connectivity index (χ4v) is 1.86. The highest BCUT2D eigenvalue weighted by atomic mass is 19.4. The van der Waals surface area contributed by atoms with Crippen LogP contribution in [0.3, 0.4) is 0 Å². The molecule has 27 heavy (non-hydrogen) atoms. The van der Waals surface area contributed by atoms with Crippen molar-refractivity contribution in [3.63, 3.8) is 0 Å². The van der Waals surface area contributed by atoms with E-state index in [1.165, 1.54) is 18.3 Å². The van der Waals surface area contributed by atoms with Gasteiger partial charge >= 0.3 is 6.36 Å². The van der Waals surface area contributed by atoms with Gasteiger partial charge in [-0.25, -0.2) is 0 Å². The molecule has 9 nitrogen and oxygen atoms in total. The first kappa shape index (κ1) is 21.8. The van der Waals surface area contributed by atoms with E-state index in [1.807, 2.05) is 0 Å². The number of nitrogens with one attached hydrogen (secondary N) is 1. The van der Waals surface area contributed by atoms with Crippen LogP contribution in [0.5, 0.6) is 5.75 Å². The molecule has 1 rings (SSSR count). The number of carbonyl (C=O) groups excluding carboxylic acids is 1. The summed E-state index contributed by atoms with van der Waals surface area (Å²) in [6.45, 7) is 0.707. The topological polar surface area (TPSA) is 138 Å². The molecule has 1 amide bonds. The quantitative estimate of drug-likeness (QED) is 0.122. The number of nitrogens with zero attached hydrogens (tertiary/aromatic N) is 5. The number of alkyl halides is 3. The molecule has 0 aliphatic heterocycles. The van der Waals surface area contributed by atoms with E-state index >= 15 is 0 Å². The summed E-state index contributed by atoms with van der Waals surface area (Å²) >= 11 is 0. The van der Waals surface area contributed by atoms with Gasteiger partial charge < -0.3 is 15.9 Å². The number of unbranched alkanes of at least 4 members (excludes halogenated alkanes) is 1. The highest BCUT2D eigenvalue weighted by molar-refractivity contribution is 6.60. The van der Waals surface area contributed by atoms with Gasteiger partial charge in [-0.1, -0.05) is 17.2 Å². The van der Waals surface area contributed by atoms with Gasteiger partial charge in [-0.15, -0.1) is 13.2 Å². The van der Waals surface area contributed by atoms with Crippen LogP contribution >= 0.6 is 0 Å². The maximum Gasteiger partial charge on any atom is 0.573 e. The molecule has 0 saturated carbocycles. The van der Waals surface area contributed by atoms with Crippen molar-refractivity contribution in [3.05, 3.63) is 40.3 Å². The van der Waals surface area contributed by atoms with Crippen LogP contribution in [0.2, 0.25) is 0 Å². The molecule has 12 heteroatoms. The number of aliphatic imine (C=N–C) groups is 1. The monoisotopic (exact) mass is 385 g/mol. The molecule has 146 valence electrons. The van der Waals surface area contributed by atoms with Crippen molar-refractivity contribution in [1.82, 2.24) is 5.32 Å².